The predicted molar refractivity (Wildman–Crippen MR) is 116 cm³/mol. The lowest BCUT2D eigenvalue weighted by Crippen LogP contribution is -2.40. The van der Waals surface area contributed by atoms with Gasteiger partial charge in [-0.05, 0) is 11.5 Å². The third kappa shape index (κ3) is 5.00. The Hall–Kier alpha value is -2.10. The van der Waals surface area contributed by atoms with Crippen LogP contribution in [0.5, 0.6) is 0 Å². The molecule has 0 amide bonds. The number of carbonyl (C=O) groups is 1. The summed E-state index contributed by atoms with van der Waals surface area (Å²) < 4.78 is 4.90. The van der Waals surface area contributed by atoms with Gasteiger partial charge in [-0.3, -0.25) is 9.79 Å². The molecule has 1 aliphatic heterocycles. The molecule has 0 radical (unpaired) electrons. The fourth-order valence-electron chi connectivity index (χ4n) is 3.31. The zero-order valence-corrected chi connectivity index (χ0v) is 18.1. The van der Waals surface area contributed by atoms with Gasteiger partial charge in [0.15, 0.2) is 5.96 Å². The minimum absolute atomic E-state index is 0. The molecule has 2 aromatic rings. The fraction of sp³-hybridized carbons (Fsp3) is 0.421. The van der Waals surface area contributed by atoms with E-state index in [1.807, 2.05) is 36.5 Å². The molecule has 1 aromatic carbocycles. The van der Waals surface area contributed by atoms with Gasteiger partial charge in [0.2, 0.25) is 0 Å². The van der Waals surface area contributed by atoms with Crippen molar-refractivity contribution in [3.8, 4) is 11.3 Å². The molecule has 1 aromatic heterocycles. The van der Waals surface area contributed by atoms with Gasteiger partial charge in [-0.1, -0.05) is 37.3 Å². The first-order chi connectivity index (χ1) is 12.6. The first-order valence-electron chi connectivity index (χ1n) is 8.75. The van der Waals surface area contributed by atoms with E-state index >= 15 is 0 Å². The second-order valence-corrected chi connectivity index (χ2v) is 6.52. The molecule has 1 fully saturated rings. The van der Waals surface area contributed by atoms with Crippen molar-refractivity contribution in [3.05, 3.63) is 42.4 Å². The average Bonchev–Trinajstić information content (AvgIpc) is 3.29. The van der Waals surface area contributed by atoms with Crippen molar-refractivity contribution < 1.29 is 9.53 Å². The maximum Gasteiger partial charge on any atom is 0.310 e. The molecule has 2 N–H and O–H groups in total. The molecule has 1 aliphatic rings. The zero-order valence-electron chi connectivity index (χ0n) is 15.8. The van der Waals surface area contributed by atoms with Gasteiger partial charge in [0.1, 0.15) is 5.82 Å². The number of hydrogen-bond acceptors (Lipinski definition) is 4. The lowest BCUT2D eigenvalue weighted by atomic mass is 9.99. The molecule has 7 nitrogen and oxygen atoms in total. The Labute approximate surface area is 176 Å². The van der Waals surface area contributed by atoms with E-state index in [2.05, 4.69) is 32.1 Å². The number of halogens is 1. The Morgan fingerprint density at radius 3 is 2.78 bits per heavy atom. The van der Waals surface area contributed by atoms with Crippen LogP contribution in [0.1, 0.15) is 12.7 Å². The number of hydrogen-bond donors (Lipinski definition) is 2. The number of aliphatic imine (C=N–C) groups is 1. The third-order valence-electron chi connectivity index (χ3n) is 4.75. The minimum Gasteiger partial charge on any atom is -0.469 e. The summed E-state index contributed by atoms with van der Waals surface area (Å²) in [7, 11) is 3.18. The average molecular weight is 483 g/mol. The topological polar surface area (TPSA) is 82.6 Å². The summed E-state index contributed by atoms with van der Waals surface area (Å²) in [5, 5.41) is 3.32. The van der Waals surface area contributed by atoms with E-state index in [9.17, 15) is 4.79 Å². The van der Waals surface area contributed by atoms with E-state index < -0.39 is 0 Å². The highest BCUT2D eigenvalue weighted by Gasteiger charge is 2.36. The number of nitrogens with one attached hydrogen (secondary N) is 2. The van der Waals surface area contributed by atoms with Gasteiger partial charge in [0, 0.05) is 20.1 Å². The van der Waals surface area contributed by atoms with Crippen LogP contribution < -0.4 is 5.32 Å². The molecule has 8 heteroatoms. The maximum atomic E-state index is 11.9. The number of aromatic amines is 1. The predicted octanol–water partition coefficient (Wildman–Crippen LogP) is 2.51. The minimum atomic E-state index is -0.158. The number of benzene rings is 1. The Bertz CT molecular complexity index is 777. The quantitative estimate of drug-likeness (QED) is 0.302. The highest BCUT2D eigenvalue weighted by molar-refractivity contribution is 14.0. The van der Waals surface area contributed by atoms with Crippen molar-refractivity contribution in [2.45, 2.75) is 13.5 Å². The van der Waals surface area contributed by atoms with Crippen LogP contribution in [0.4, 0.5) is 0 Å². The number of rotatable bonds is 4. The SMILES string of the molecule is CN=C(NCc1ncc(-c2ccccc2)[nH]1)N1CC(C)C(C(=O)OC)C1.I. The van der Waals surface area contributed by atoms with Crippen molar-refractivity contribution in [2.24, 2.45) is 16.8 Å². The van der Waals surface area contributed by atoms with Crippen LogP contribution in [0, 0.1) is 11.8 Å². The number of methoxy groups -OCH3 is 1. The van der Waals surface area contributed by atoms with Crippen LogP contribution >= 0.6 is 24.0 Å². The van der Waals surface area contributed by atoms with Gasteiger partial charge in [0.05, 0.1) is 31.5 Å². The number of carbonyl (C=O) groups excluding carboxylic acids is 1. The Balaban J connectivity index is 0.00000261. The van der Waals surface area contributed by atoms with Crippen molar-refractivity contribution in [2.75, 3.05) is 27.2 Å². The van der Waals surface area contributed by atoms with Gasteiger partial charge < -0.3 is 19.9 Å². The molecular weight excluding hydrogens is 457 g/mol. The lowest BCUT2D eigenvalue weighted by Gasteiger charge is -2.21. The summed E-state index contributed by atoms with van der Waals surface area (Å²) >= 11 is 0. The van der Waals surface area contributed by atoms with Crippen LogP contribution in [-0.2, 0) is 16.1 Å². The summed E-state index contributed by atoms with van der Waals surface area (Å²) in [6.45, 7) is 3.98. The number of guanidine groups is 1. The molecule has 0 aliphatic carbocycles. The van der Waals surface area contributed by atoms with E-state index in [4.69, 9.17) is 4.74 Å². The number of aromatic nitrogens is 2. The van der Waals surface area contributed by atoms with E-state index in [0.717, 1.165) is 29.6 Å². The summed E-state index contributed by atoms with van der Waals surface area (Å²) in [4.78, 5) is 26.1. The van der Waals surface area contributed by atoms with Gasteiger partial charge in [0.25, 0.3) is 0 Å². The fourth-order valence-corrected chi connectivity index (χ4v) is 3.31. The summed E-state index contributed by atoms with van der Waals surface area (Å²) in [5.74, 6) is 1.55. The Kier molecular flexibility index (Phi) is 7.64. The smallest absolute Gasteiger partial charge is 0.310 e. The molecule has 2 atom stereocenters. The second-order valence-electron chi connectivity index (χ2n) is 6.52. The second kappa shape index (κ2) is 9.72. The van der Waals surface area contributed by atoms with E-state index in [0.29, 0.717) is 13.1 Å². The van der Waals surface area contributed by atoms with Crippen LogP contribution in [0.3, 0.4) is 0 Å². The molecule has 0 spiro atoms. The van der Waals surface area contributed by atoms with E-state index in [-0.39, 0.29) is 41.8 Å². The van der Waals surface area contributed by atoms with Gasteiger partial charge in [-0.15, -0.1) is 24.0 Å². The number of imidazole rings is 1. The van der Waals surface area contributed by atoms with Crippen LogP contribution in [0.15, 0.2) is 41.5 Å². The standard InChI is InChI=1S/C19H25N5O2.HI/c1-13-11-24(12-15(13)18(25)26-3)19(20-2)22-10-17-21-9-16(23-17)14-7-5-4-6-8-14;/h4-9,13,15H,10-12H2,1-3H3,(H,20,22)(H,21,23);1H. The summed E-state index contributed by atoms with van der Waals surface area (Å²) in [6, 6.07) is 10.1. The molecule has 146 valence electrons. The largest absolute Gasteiger partial charge is 0.469 e. The molecule has 3 rings (SSSR count). The first kappa shape index (κ1) is 21.2. The summed E-state index contributed by atoms with van der Waals surface area (Å²) in [5.41, 5.74) is 2.09. The zero-order chi connectivity index (χ0) is 18.5. The molecule has 2 unspecified atom stereocenters. The monoisotopic (exact) mass is 483 g/mol. The number of H-pyrrole nitrogens is 1. The van der Waals surface area contributed by atoms with Crippen molar-refractivity contribution in [1.29, 1.82) is 0 Å². The Morgan fingerprint density at radius 2 is 2.11 bits per heavy atom. The Morgan fingerprint density at radius 1 is 1.37 bits per heavy atom. The summed E-state index contributed by atoms with van der Waals surface area (Å²) in [6.07, 6.45) is 1.83. The number of nitrogens with zero attached hydrogens (tertiary/aromatic N) is 3. The molecule has 0 bridgehead atoms. The number of likely N-dealkylation sites (tertiary alicyclic amines) is 1. The molecule has 0 saturated carbocycles. The molecular formula is C19H26IN5O2. The number of esters is 1. The van der Waals surface area contributed by atoms with Crippen LogP contribution in [-0.4, -0.2) is 54.0 Å². The first-order valence-corrected chi connectivity index (χ1v) is 8.75. The normalized spacial score (nSPS) is 19.5. The van der Waals surface area contributed by atoms with Crippen LogP contribution in [0.25, 0.3) is 11.3 Å². The number of ether oxygens (including phenoxy) is 1. The molecule has 1 saturated heterocycles. The highest BCUT2D eigenvalue weighted by atomic mass is 127. The molecule has 27 heavy (non-hydrogen) atoms. The molecule has 2 heterocycles. The van der Waals surface area contributed by atoms with Crippen molar-refractivity contribution in [3.63, 3.8) is 0 Å². The van der Waals surface area contributed by atoms with E-state index in [1.165, 1.54) is 7.11 Å². The van der Waals surface area contributed by atoms with Gasteiger partial charge >= 0.3 is 5.97 Å². The van der Waals surface area contributed by atoms with Crippen molar-refractivity contribution in [1.82, 2.24) is 20.2 Å². The van der Waals surface area contributed by atoms with Crippen molar-refractivity contribution >= 4 is 35.9 Å². The highest BCUT2D eigenvalue weighted by Crippen LogP contribution is 2.24. The van der Waals surface area contributed by atoms with E-state index in [1.54, 1.807) is 7.05 Å². The maximum absolute atomic E-state index is 11.9. The van der Waals surface area contributed by atoms with Gasteiger partial charge in [-0.25, -0.2) is 4.98 Å². The van der Waals surface area contributed by atoms with Gasteiger partial charge in [-0.2, -0.15) is 0 Å². The van der Waals surface area contributed by atoms with Crippen LogP contribution in [0.2, 0.25) is 0 Å². The third-order valence-corrected chi connectivity index (χ3v) is 4.75. The lowest BCUT2D eigenvalue weighted by molar-refractivity contribution is -0.145.